The zero-order valence-corrected chi connectivity index (χ0v) is 14.0. The lowest BCUT2D eigenvalue weighted by Gasteiger charge is -2.16. The molecule has 2 heteroatoms. The molecule has 0 fully saturated rings. The van der Waals surface area contributed by atoms with E-state index in [1.54, 1.807) is 13.8 Å². The molecule has 0 unspecified atom stereocenters. The Bertz CT molecular complexity index is 463. The van der Waals surface area contributed by atoms with Crippen LogP contribution < -0.4 is 5.73 Å². The molecule has 0 aromatic heterocycles. The first-order valence-electron chi connectivity index (χ1n) is 8.00. The molecule has 0 atom stereocenters. The maximum Gasteiger partial charge on any atom is 0.0589 e. The molecule has 0 amide bonds. The average Bonchev–Trinajstić information content (AvgIpc) is 2.54. The van der Waals surface area contributed by atoms with Gasteiger partial charge in [-0.05, 0) is 44.4 Å². The number of hydrogen-bond acceptors (Lipinski definition) is 2. The zero-order chi connectivity index (χ0) is 16.4. The van der Waals surface area contributed by atoms with Crippen LogP contribution in [0, 0.1) is 0 Å². The molecule has 0 radical (unpaired) electrons. The molecular formula is C20H29NO. The predicted molar refractivity (Wildman–Crippen MR) is 95.0 cm³/mol. The quantitative estimate of drug-likeness (QED) is 0.863. The van der Waals surface area contributed by atoms with Crippen molar-refractivity contribution >= 4 is 0 Å². The van der Waals surface area contributed by atoms with Gasteiger partial charge in [-0.3, -0.25) is 0 Å². The Hall–Kier alpha value is -1.64. The van der Waals surface area contributed by atoms with E-state index in [4.69, 9.17) is 10.8 Å². The van der Waals surface area contributed by atoms with E-state index in [1.165, 1.54) is 11.1 Å². The first-order valence-corrected chi connectivity index (χ1v) is 8.00. The lowest BCUT2D eigenvalue weighted by atomic mass is 9.89. The fourth-order valence-corrected chi connectivity index (χ4v) is 2.06. The SMILES string of the molecule is CCC(C)(C)O.NCCC(c1ccccc1)c1ccccc1. The lowest BCUT2D eigenvalue weighted by molar-refractivity contribution is 0.0765. The minimum absolute atomic E-state index is 0.424. The Labute approximate surface area is 135 Å². The smallest absolute Gasteiger partial charge is 0.0589 e. The van der Waals surface area contributed by atoms with Crippen molar-refractivity contribution in [1.82, 2.24) is 0 Å². The Morgan fingerprint density at radius 2 is 1.27 bits per heavy atom. The van der Waals surface area contributed by atoms with Gasteiger partial charge in [0.25, 0.3) is 0 Å². The minimum atomic E-state index is -0.458. The van der Waals surface area contributed by atoms with Crippen LogP contribution in [-0.4, -0.2) is 17.3 Å². The van der Waals surface area contributed by atoms with Crippen LogP contribution in [0.4, 0.5) is 0 Å². The molecule has 0 heterocycles. The fraction of sp³-hybridized carbons (Fsp3) is 0.400. The minimum Gasteiger partial charge on any atom is -0.390 e. The first-order chi connectivity index (χ1) is 10.5. The van der Waals surface area contributed by atoms with Gasteiger partial charge >= 0.3 is 0 Å². The topological polar surface area (TPSA) is 46.2 Å². The van der Waals surface area contributed by atoms with Crippen molar-refractivity contribution in [1.29, 1.82) is 0 Å². The second kappa shape index (κ2) is 9.39. The summed E-state index contributed by atoms with van der Waals surface area (Å²) in [5, 5.41) is 8.83. The molecule has 2 nitrogen and oxygen atoms in total. The van der Waals surface area contributed by atoms with E-state index in [9.17, 15) is 0 Å². The molecule has 22 heavy (non-hydrogen) atoms. The van der Waals surface area contributed by atoms with Gasteiger partial charge < -0.3 is 10.8 Å². The van der Waals surface area contributed by atoms with Crippen molar-refractivity contribution in [3.8, 4) is 0 Å². The molecule has 0 aliphatic carbocycles. The van der Waals surface area contributed by atoms with Gasteiger partial charge in [-0.1, -0.05) is 67.6 Å². The average molecular weight is 299 g/mol. The van der Waals surface area contributed by atoms with Crippen molar-refractivity contribution in [2.75, 3.05) is 6.54 Å². The van der Waals surface area contributed by atoms with Gasteiger partial charge in [-0.15, -0.1) is 0 Å². The van der Waals surface area contributed by atoms with E-state index in [0.29, 0.717) is 12.5 Å². The third-order valence-electron chi connectivity index (χ3n) is 3.72. The van der Waals surface area contributed by atoms with Crippen LogP contribution in [0.25, 0.3) is 0 Å². The maximum atomic E-state index is 8.83. The summed E-state index contributed by atoms with van der Waals surface area (Å²) in [4.78, 5) is 0. The van der Waals surface area contributed by atoms with E-state index in [1.807, 2.05) is 19.1 Å². The Kier molecular flexibility index (Phi) is 7.86. The maximum absolute atomic E-state index is 8.83. The van der Waals surface area contributed by atoms with Crippen molar-refractivity contribution in [2.45, 2.75) is 45.1 Å². The van der Waals surface area contributed by atoms with Crippen LogP contribution in [0.2, 0.25) is 0 Å². The summed E-state index contributed by atoms with van der Waals surface area (Å²) in [6, 6.07) is 21.1. The molecule has 2 aromatic rings. The van der Waals surface area contributed by atoms with Gasteiger partial charge in [0.1, 0.15) is 0 Å². The van der Waals surface area contributed by atoms with Crippen molar-refractivity contribution in [3.63, 3.8) is 0 Å². The summed E-state index contributed by atoms with van der Waals surface area (Å²) >= 11 is 0. The van der Waals surface area contributed by atoms with Crippen LogP contribution >= 0.6 is 0 Å². The van der Waals surface area contributed by atoms with Crippen molar-refractivity contribution in [3.05, 3.63) is 71.8 Å². The summed E-state index contributed by atoms with van der Waals surface area (Å²) < 4.78 is 0. The standard InChI is InChI=1S/C15H17N.C5H12O/c16-12-11-15(13-7-3-1-4-8-13)14-9-5-2-6-10-14;1-4-5(2,3)6/h1-10,15H,11-12,16H2;6H,4H2,1-3H3. The molecule has 0 saturated heterocycles. The summed E-state index contributed by atoms with van der Waals surface area (Å²) in [6.07, 6.45) is 1.82. The third kappa shape index (κ3) is 6.88. The largest absolute Gasteiger partial charge is 0.390 e. The molecular weight excluding hydrogens is 270 g/mol. The van der Waals surface area contributed by atoms with Crippen LogP contribution in [0.3, 0.4) is 0 Å². The van der Waals surface area contributed by atoms with E-state index < -0.39 is 5.60 Å². The van der Waals surface area contributed by atoms with E-state index in [-0.39, 0.29) is 0 Å². The molecule has 120 valence electrons. The Balaban J connectivity index is 0.000000346. The van der Waals surface area contributed by atoms with E-state index in [0.717, 1.165) is 12.8 Å². The van der Waals surface area contributed by atoms with Gasteiger partial charge in [-0.2, -0.15) is 0 Å². The van der Waals surface area contributed by atoms with Crippen LogP contribution in [0.15, 0.2) is 60.7 Å². The summed E-state index contributed by atoms with van der Waals surface area (Å²) in [6.45, 7) is 6.27. The third-order valence-corrected chi connectivity index (χ3v) is 3.72. The van der Waals surface area contributed by atoms with Crippen LogP contribution in [0.5, 0.6) is 0 Å². The number of hydrogen-bond donors (Lipinski definition) is 2. The Morgan fingerprint density at radius 1 is 0.909 bits per heavy atom. The summed E-state index contributed by atoms with van der Waals surface area (Å²) in [7, 11) is 0. The molecule has 0 spiro atoms. The van der Waals surface area contributed by atoms with Gasteiger partial charge in [-0.25, -0.2) is 0 Å². The highest BCUT2D eigenvalue weighted by atomic mass is 16.3. The molecule has 2 rings (SSSR count). The summed E-state index contributed by atoms with van der Waals surface area (Å²) in [5.74, 6) is 0.424. The van der Waals surface area contributed by atoms with Gasteiger partial charge in [0.05, 0.1) is 5.60 Å². The van der Waals surface area contributed by atoms with E-state index in [2.05, 4.69) is 48.5 Å². The van der Waals surface area contributed by atoms with Crippen molar-refractivity contribution < 1.29 is 5.11 Å². The Morgan fingerprint density at radius 3 is 1.55 bits per heavy atom. The normalized spacial score (nSPS) is 11.0. The monoisotopic (exact) mass is 299 g/mol. The molecule has 0 aliphatic rings. The fourth-order valence-electron chi connectivity index (χ4n) is 2.06. The van der Waals surface area contributed by atoms with Crippen LogP contribution in [-0.2, 0) is 0 Å². The molecule has 0 saturated carbocycles. The predicted octanol–water partition coefficient (Wildman–Crippen LogP) is 4.33. The van der Waals surface area contributed by atoms with Gasteiger partial charge in [0.15, 0.2) is 0 Å². The second-order valence-electron chi connectivity index (χ2n) is 6.12. The molecule has 0 aliphatic heterocycles. The number of aliphatic hydroxyl groups is 1. The number of benzene rings is 2. The van der Waals surface area contributed by atoms with Crippen molar-refractivity contribution in [2.24, 2.45) is 5.73 Å². The van der Waals surface area contributed by atoms with E-state index >= 15 is 0 Å². The lowest BCUT2D eigenvalue weighted by Crippen LogP contribution is -2.15. The van der Waals surface area contributed by atoms with Crippen LogP contribution in [0.1, 0.15) is 50.7 Å². The number of nitrogens with two attached hydrogens (primary N) is 1. The molecule has 2 aromatic carbocycles. The van der Waals surface area contributed by atoms with Gasteiger partial charge in [0.2, 0.25) is 0 Å². The van der Waals surface area contributed by atoms with Gasteiger partial charge in [0, 0.05) is 5.92 Å². The number of rotatable bonds is 5. The first kappa shape index (κ1) is 18.4. The molecule has 3 N–H and O–H groups in total. The zero-order valence-electron chi connectivity index (χ0n) is 14.0. The molecule has 0 bridgehead atoms. The highest BCUT2D eigenvalue weighted by molar-refractivity contribution is 5.32. The second-order valence-corrected chi connectivity index (χ2v) is 6.12. The summed E-state index contributed by atoms with van der Waals surface area (Å²) in [5.41, 5.74) is 7.94. The highest BCUT2D eigenvalue weighted by Gasteiger charge is 2.12. The highest BCUT2D eigenvalue weighted by Crippen LogP contribution is 2.26.